The van der Waals surface area contributed by atoms with Gasteiger partial charge in [-0.05, 0) is 60.2 Å². The van der Waals surface area contributed by atoms with Crippen LogP contribution in [0.3, 0.4) is 0 Å². The predicted molar refractivity (Wildman–Crippen MR) is 91.6 cm³/mol. The lowest BCUT2D eigenvalue weighted by Gasteiger charge is -2.08. The minimum atomic E-state index is 0.455. The van der Waals surface area contributed by atoms with E-state index in [-0.39, 0.29) is 0 Å². The Hall–Kier alpha value is -1.81. The molecule has 4 heteroatoms. The van der Waals surface area contributed by atoms with E-state index in [1.165, 1.54) is 30.4 Å². The molecule has 0 heterocycles. The summed E-state index contributed by atoms with van der Waals surface area (Å²) in [5, 5.41) is 3.17. The molecule has 108 valence electrons. The average molecular weight is 344 g/mol. The monoisotopic (exact) mass is 343 g/mol. The Balaban J connectivity index is 1.64. The first kappa shape index (κ1) is 14.1. The fraction of sp³-hybridized carbons (Fsp3) is 0.235. The van der Waals surface area contributed by atoms with Crippen LogP contribution in [-0.4, -0.2) is 5.96 Å². The first-order chi connectivity index (χ1) is 10.2. The molecule has 0 fully saturated rings. The standard InChI is InChI=1S/C17H18BrN3/c18-15-7-4-12(5-8-15)11-20-17(19)21-16-9-6-13-2-1-3-14(13)10-16/h4-10H,1-3,11H2,(H3,19,20,21). The zero-order valence-electron chi connectivity index (χ0n) is 11.8. The van der Waals surface area contributed by atoms with Crippen LogP contribution in [-0.2, 0) is 19.4 Å². The Morgan fingerprint density at radius 1 is 1.10 bits per heavy atom. The third kappa shape index (κ3) is 3.64. The summed E-state index contributed by atoms with van der Waals surface area (Å²) in [6, 6.07) is 14.5. The molecule has 0 amide bonds. The van der Waals surface area contributed by atoms with Crippen LogP contribution in [0.5, 0.6) is 0 Å². The van der Waals surface area contributed by atoms with Gasteiger partial charge in [0, 0.05) is 10.2 Å². The van der Waals surface area contributed by atoms with Crippen LogP contribution in [0.25, 0.3) is 0 Å². The number of fused-ring (bicyclic) bond motifs is 1. The maximum atomic E-state index is 5.96. The third-order valence-electron chi connectivity index (χ3n) is 3.72. The molecule has 1 aliphatic rings. The number of hydrogen-bond acceptors (Lipinski definition) is 1. The Bertz CT molecular complexity index is 662. The summed E-state index contributed by atoms with van der Waals surface area (Å²) in [4.78, 5) is 4.38. The Labute approximate surface area is 133 Å². The van der Waals surface area contributed by atoms with E-state index in [4.69, 9.17) is 5.73 Å². The van der Waals surface area contributed by atoms with Crippen LogP contribution in [0.4, 0.5) is 5.69 Å². The van der Waals surface area contributed by atoms with E-state index in [0.29, 0.717) is 12.5 Å². The lowest BCUT2D eigenvalue weighted by Crippen LogP contribution is -2.22. The molecule has 3 nitrogen and oxygen atoms in total. The minimum absolute atomic E-state index is 0.455. The van der Waals surface area contributed by atoms with Crippen LogP contribution in [0.2, 0.25) is 0 Å². The second-order valence-electron chi connectivity index (χ2n) is 5.29. The second-order valence-corrected chi connectivity index (χ2v) is 6.21. The summed E-state index contributed by atoms with van der Waals surface area (Å²) in [7, 11) is 0. The maximum Gasteiger partial charge on any atom is 0.193 e. The number of halogens is 1. The van der Waals surface area contributed by atoms with E-state index in [9.17, 15) is 0 Å². The van der Waals surface area contributed by atoms with Crippen molar-refractivity contribution in [2.45, 2.75) is 25.8 Å². The van der Waals surface area contributed by atoms with Gasteiger partial charge in [-0.25, -0.2) is 4.99 Å². The fourth-order valence-corrected chi connectivity index (χ4v) is 2.87. The fourth-order valence-electron chi connectivity index (χ4n) is 2.60. The first-order valence-corrected chi connectivity index (χ1v) is 7.93. The van der Waals surface area contributed by atoms with E-state index >= 15 is 0 Å². The van der Waals surface area contributed by atoms with Crippen molar-refractivity contribution in [3.8, 4) is 0 Å². The summed E-state index contributed by atoms with van der Waals surface area (Å²) in [6.45, 7) is 0.580. The molecule has 0 atom stereocenters. The van der Waals surface area contributed by atoms with Gasteiger partial charge in [-0.15, -0.1) is 0 Å². The Kier molecular flexibility index (Phi) is 4.25. The van der Waals surface area contributed by atoms with E-state index in [1.54, 1.807) is 0 Å². The zero-order chi connectivity index (χ0) is 14.7. The number of rotatable bonds is 3. The molecule has 3 N–H and O–H groups in total. The molecule has 0 saturated carbocycles. The molecule has 0 bridgehead atoms. The predicted octanol–water partition coefficient (Wildman–Crippen LogP) is 3.86. The molecule has 0 spiro atoms. The lowest BCUT2D eigenvalue weighted by molar-refractivity contribution is 0.912. The summed E-state index contributed by atoms with van der Waals surface area (Å²) in [6.07, 6.45) is 3.62. The van der Waals surface area contributed by atoms with E-state index in [2.05, 4.69) is 44.4 Å². The van der Waals surface area contributed by atoms with E-state index < -0.39 is 0 Å². The Morgan fingerprint density at radius 2 is 1.86 bits per heavy atom. The largest absolute Gasteiger partial charge is 0.370 e. The first-order valence-electron chi connectivity index (χ1n) is 7.14. The number of benzene rings is 2. The molecular formula is C17H18BrN3. The van der Waals surface area contributed by atoms with Crippen LogP contribution in [0.1, 0.15) is 23.1 Å². The number of nitrogens with zero attached hydrogens (tertiary/aromatic N) is 1. The smallest absolute Gasteiger partial charge is 0.193 e. The Morgan fingerprint density at radius 3 is 2.67 bits per heavy atom. The van der Waals surface area contributed by atoms with Gasteiger partial charge in [0.1, 0.15) is 0 Å². The number of nitrogens with two attached hydrogens (primary N) is 1. The molecule has 2 aromatic carbocycles. The molecule has 21 heavy (non-hydrogen) atoms. The van der Waals surface area contributed by atoms with Crippen LogP contribution in [0.15, 0.2) is 51.9 Å². The quantitative estimate of drug-likeness (QED) is 0.656. The normalized spacial score (nSPS) is 14.0. The second kappa shape index (κ2) is 6.31. The molecule has 0 unspecified atom stereocenters. The van der Waals surface area contributed by atoms with Gasteiger partial charge in [-0.2, -0.15) is 0 Å². The summed E-state index contributed by atoms with van der Waals surface area (Å²) in [5.41, 5.74) is 11.0. The van der Waals surface area contributed by atoms with Gasteiger partial charge in [0.25, 0.3) is 0 Å². The zero-order valence-corrected chi connectivity index (χ0v) is 13.4. The number of hydrogen-bond donors (Lipinski definition) is 2. The molecule has 3 rings (SSSR count). The van der Waals surface area contributed by atoms with Crippen molar-refractivity contribution in [1.29, 1.82) is 0 Å². The SMILES string of the molecule is NC(=NCc1ccc(Br)cc1)Nc1ccc2c(c1)CCC2. The highest BCUT2D eigenvalue weighted by Crippen LogP contribution is 2.24. The van der Waals surface area contributed by atoms with Crippen LogP contribution in [0, 0.1) is 0 Å². The van der Waals surface area contributed by atoms with Gasteiger partial charge in [-0.3, -0.25) is 0 Å². The van der Waals surface area contributed by atoms with Crippen molar-refractivity contribution < 1.29 is 0 Å². The number of nitrogens with one attached hydrogen (secondary N) is 1. The molecule has 0 radical (unpaired) electrons. The molecular weight excluding hydrogens is 326 g/mol. The van der Waals surface area contributed by atoms with Crippen molar-refractivity contribution >= 4 is 27.6 Å². The highest BCUT2D eigenvalue weighted by Gasteiger charge is 2.10. The van der Waals surface area contributed by atoms with Gasteiger partial charge in [0.2, 0.25) is 0 Å². The van der Waals surface area contributed by atoms with Crippen molar-refractivity contribution in [2.75, 3.05) is 5.32 Å². The van der Waals surface area contributed by atoms with Crippen LogP contribution < -0.4 is 11.1 Å². The van der Waals surface area contributed by atoms with Gasteiger partial charge in [0.05, 0.1) is 6.54 Å². The summed E-state index contributed by atoms with van der Waals surface area (Å²) < 4.78 is 1.07. The minimum Gasteiger partial charge on any atom is -0.370 e. The number of aliphatic imine (C=N–C) groups is 1. The molecule has 0 saturated heterocycles. The maximum absolute atomic E-state index is 5.96. The summed E-state index contributed by atoms with van der Waals surface area (Å²) >= 11 is 3.42. The molecule has 0 aromatic heterocycles. The van der Waals surface area contributed by atoms with Gasteiger partial charge in [0.15, 0.2) is 5.96 Å². The van der Waals surface area contributed by atoms with Crippen molar-refractivity contribution in [1.82, 2.24) is 0 Å². The van der Waals surface area contributed by atoms with Crippen LogP contribution >= 0.6 is 15.9 Å². The van der Waals surface area contributed by atoms with Crippen molar-refractivity contribution in [3.63, 3.8) is 0 Å². The van der Waals surface area contributed by atoms with E-state index in [0.717, 1.165) is 15.7 Å². The molecule has 0 aliphatic heterocycles. The summed E-state index contributed by atoms with van der Waals surface area (Å²) in [5.74, 6) is 0.455. The number of guanidine groups is 1. The van der Waals surface area contributed by atoms with Gasteiger partial charge >= 0.3 is 0 Å². The van der Waals surface area contributed by atoms with Gasteiger partial charge < -0.3 is 11.1 Å². The average Bonchev–Trinajstić information content (AvgIpc) is 2.94. The van der Waals surface area contributed by atoms with Crippen molar-refractivity contribution in [2.24, 2.45) is 10.7 Å². The molecule has 2 aromatic rings. The number of anilines is 1. The number of aryl methyl sites for hydroxylation is 2. The van der Waals surface area contributed by atoms with E-state index in [1.807, 2.05) is 24.3 Å². The topological polar surface area (TPSA) is 50.4 Å². The van der Waals surface area contributed by atoms with Crippen molar-refractivity contribution in [3.05, 3.63) is 63.6 Å². The highest BCUT2D eigenvalue weighted by atomic mass is 79.9. The van der Waals surface area contributed by atoms with Gasteiger partial charge in [-0.1, -0.05) is 34.1 Å². The molecule has 1 aliphatic carbocycles. The third-order valence-corrected chi connectivity index (χ3v) is 4.24. The lowest BCUT2D eigenvalue weighted by atomic mass is 10.1. The highest BCUT2D eigenvalue weighted by molar-refractivity contribution is 9.10.